The smallest absolute Gasteiger partial charge is 0.319 e. The molecule has 7 nitrogen and oxygen atoms in total. The van der Waals surface area contributed by atoms with E-state index in [2.05, 4.69) is 28.2 Å². The Bertz CT molecular complexity index is 654. The fraction of sp³-hybridized carbons (Fsp3) is 0.636. The molecule has 1 aromatic rings. The molecule has 4 N–H and O–H groups in total. The van der Waals surface area contributed by atoms with E-state index in [0.29, 0.717) is 12.0 Å². The fourth-order valence-corrected chi connectivity index (χ4v) is 3.42. The summed E-state index contributed by atoms with van der Waals surface area (Å²) in [5.41, 5.74) is 2.21. The number of nitrogens with zero attached hydrogens (tertiary/aromatic N) is 1. The zero-order valence-corrected chi connectivity index (χ0v) is 18.3. The third kappa shape index (κ3) is 7.93. The van der Waals surface area contributed by atoms with Crippen LogP contribution in [0.25, 0.3) is 0 Å². The Hall–Kier alpha value is -2.28. The van der Waals surface area contributed by atoms with Crippen molar-refractivity contribution in [3.63, 3.8) is 0 Å². The molecule has 1 aliphatic rings. The molecule has 0 heterocycles. The van der Waals surface area contributed by atoms with Crippen LogP contribution in [-0.4, -0.2) is 44.8 Å². The number of rotatable bonds is 10. The predicted octanol–water partition coefficient (Wildman–Crippen LogP) is 3.48. The number of anilines is 1. The van der Waals surface area contributed by atoms with E-state index in [9.17, 15) is 4.79 Å². The van der Waals surface area contributed by atoms with Crippen LogP contribution >= 0.6 is 0 Å². The summed E-state index contributed by atoms with van der Waals surface area (Å²) >= 11 is 0. The zero-order valence-electron chi connectivity index (χ0n) is 18.3. The van der Waals surface area contributed by atoms with E-state index in [0.717, 1.165) is 43.3 Å². The lowest BCUT2D eigenvalue weighted by atomic mass is 9.67. The maximum Gasteiger partial charge on any atom is 0.319 e. The van der Waals surface area contributed by atoms with E-state index in [-0.39, 0.29) is 12.1 Å². The van der Waals surface area contributed by atoms with Gasteiger partial charge in [0, 0.05) is 38.5 Å². The highest BCUT2D eigenvalue weighted by atomic mass is 16.5. The third-order valence-corrected chi connectivity index (χ3v) is 5.28. The lowest BCUT2D eigenvalue weighted by Crippen LogP contribution is -2.46. The average molecular weight is 404 g/mol. The normalized spacial score (nSPS) is 15.6. The number of hydrogen-bond donors (Lipinski definition) is 4. The van der Waals surface area contributed by atoms with Crippen LogP contribution in [0, 0.1) is 5.41 Å². The Balaban J connectivity index is 1.88. The molecule has 0 spiro atoms. The van der Waals surface area contributed by atoms with Crippen LogP contribution in [0.5, 0.6) is 0 Å². The van der Waals surface area contributed by atoms with Gasteiger partial charge in [0.25, 0.3) is 0 Å². The molecule has 0 bridgehead atoms. The summed E-state index contributed by atoms with van der Waals surface area (Å²) in [6.45, 7) is 9.08. The van der Waals surface area contributed by atoms with Gasteiger partial charge in [-0.05, 0) is 63.1 Å². The standard InChI is InChI=1S/C22H37N5O2/c1-5-23-20(25-16-22(11-6-12-22)13-14-29-4)24-15-18-7-9-19(10-8-18)27-21(28)26-17(2)3/h7-10,17H,5-6,11-16H2,1-4H3,(H2,23,24,25)(H2,26,27,28). The van der Waals surface area contributed by atoms with E-state index in [1.165, 1.54) is 19.3 Å². The molecule has 162 valence electrons. The molecule has 0 saturated heterocycles. The molecule has 29 heavy (non-hydrogen) atoms. The van der Waals surface area contributed by atoms with Crippen molar-refractivity contribution in [2.24, 2.45) is 10.4 Å². The molecule has 0 atom stereocenters. The number of carbonyl (C=O) groups is 1. The highest BCUT2D eigenvalue weighted by Crippen LogP contribution is 2.43. The van der Waals surface area contributed by atoms with Crippen molar-refractivity contribution in [2.45, 2.75) is 59.0 Å². The molecule has 1 aliphatic carbocycles. The quantitative estimate of drug-likeness (QED) is 0.356. The second kappa shape index (κ2) is 11.7. The lowest BCUT2D eigenvalue weighted by molar-refractivity contribution is 0.0732. The first kappa shape index (κ1) is 23.0. The van der Waals surface area contributed by atoms with Crippen molar-refractivity contribution in [1.29, 1.82) is 0 Å². The number of guanidine groups is 1. The minimum atomic E-state index is -0.192. The van der Waals surface area contributed by atoms with E-state index in [1.807, 2.05) is 38.1 Å². The van der Waals surface area contributed by atoms with Crippen LogP contribution in [0.2, 0.25) is 0 Å². The van der Waals surface area contributed by atoms with Gasteiger partial charge in [-0.1, -0.05) is 18.6 Å². The number of hydrogen-bond acceptors (Lipinski definition) is 3. The number of benzene rings is 1. The largest absolute Gasteiger partial charge is 0.385 e. The van der Waals surface area contributed by atoms with E-state index in [4.69, 9.17) is 9.73 Å². The van der Waals surface area contributed by atoms with Gasteiger partial charge in [-0.15, -0.1) is 0 Å². The van der Waals surface area contributed by atoms with E-state index < -0.39 is 0 Å². The van der Waals surface area contributed by atoms with Crippen LogP contribution in [0.4, 0.5) is 10.5 Å². The van der Waals surface area contributed by atoms with Crippen molar-refractivity contribution in [2.75, 3.05) is 32.1 Å². The number of aliphatic imine (C=N–C) groups is 1. The number of carbonyl (C=O) groups excluding carboxylic acids is 1. The van der Waals surface area contributed by atoms with Gasteiger partial charge < -0.3 is 26.0 Å². The Morgan fingerprint density at radius 1 is 1.21 bits per heavy atom. The minimum Gasteiger partial charge on any atom is -0.385 e. The minimum absolute atomic E-state index is 0.106. The van der Waals surface area contributed by atoms with Crippen molar-refractivity contribution in [3.8, 4) is 0 Å². The zero-order chi connectivity index (χ0) is 21.1. The first-order valence-corrected chi connectivity index (χ1v) is 10.6. The van der Waals surface area contributed by atoms with Gasteiger partial charge in [0.2, 0.25) is 0 Å². The maximum atomic E-state index is 11.8. The maximum absolute atomic E-state index is 11.8. The molecule has 0 aliphatic heterocycles. The van der Waals surface area contributed by atoms with Crippen molar-refractivity contribution < 1.29 is 9.53 Å². The molecular weight excluding hydrogens is 366 g/mol. The molecule has 0 unspecified atom stereocenters. The summed E-state index contributed by atoms with van der Waals surface area (Å²) in [5.74, 6) is 0.842. The van der Waals surface area contributed by atoms with Gasteiger partial charge >= 0.3 is 6.03 Å². The molecule has 0 aromatic heterocycles. The van der Waals surface area contributed by atoms with Gasteiger partial charge in [-0.25, -0.2) is 9.79 Å². The molecule has 2 rings (SSSR count). The van der Waals surface area contributed by atoms with Crippen molar-refractivity contribution in [3.05, 3.63) is 29.8 Å². The number of ether oxygens (including phenoxy) is 1. The summed E-state index contributed by atoms with van der Waals surface area (Å²) in [6.07, 6.45) is 4.90. The first-order valence-electron chi connectivity index (χ1n) is 10.6. The Morgan fingerprint density at radius 3 is 2.48 bits per heavy atom. The molecule has 2 amide bonds. The van der Waals surface area contributed by atoms with Crippen LogP contribution in [0.1, 0.15) is 52.0 Å². The predicted molar refractivity (Wildman–Crippen MR) is 119 cm³/mol. The third-order valence-electron chi connectivity index (χ3n) is 5.28. The van der Waals surface area contributed by atoms with Crippen LogP contribution in [-0.2, 0) is 11.3 Å². The number of nitrogens with one attached hydrogen (secondary N) is 4. The average Bonchev–Trinajstić information content (AvgIpc) is 2.65. The van der Waals surface area contributed by atoms with Gasteiger partial charge in [0.05, 0.1) is 6.54 Å². The SMILES string of the molecule is CCNC(=NCc1ccc(NC(=O)NC(C)C)cc1)NCC1(CCOC)CCC1. The molecule has 7 heteroatoms. The highest BCUT2D eigenvalue weighted by Gasteiger charge is 2.36. The van der Waals surface area contributed by atoms with Crippen LogP contribution in [0.15, 0.2) is 29.3 Å². The summed E-state index contributed by atoms with van der Waals surface area (Å²) < 4.78 is 5.28. The van der Waals surface area contributed by atoms with Gasteiger partial charge in [-0.3, -0.25) is 0 Å². The summed E-state index contributed by atoms with van der Waals surface area (Å²) in [4.78, 5) is 16.5. The fourth-order valence-electron chi connectivity index (χ4n) is 3.42. The topological polar surface area (TPSA) is 86.8 Å². The molecular formula is C22H37N5O2. The molecule has 1 aromatic carbocycles. The van der Waals surface area contributed by atoms with Crippen molar-refractivity contribution in [1.82, 2.24) is 16.0 Å². The second-order valence-electron chi connectivity index (χ2n) is 8.10. The monoisotopic (exact) mass is 403 g/mol. The summed E-state index contributed by atoms with van der Waals surface area (Å²) in [5, 5.41) is 12.5. The van der Waals surface area contributed by atoms with E-state index in [1.54, 1.807) is 7.11 Å². The van der Waals surface area contributed by atoms with Gasteiger partial charge in [0.15, 0.2) is 5.96 Å². The number of urea groups is 1. The Morgan fingerprint density at radius 2 is 1.93 bits per heavy atom. The van der Waals surface area contributed by atoms with Gasteiger partial charge in [-0.2, -0.15) is 0 Å². The number of methoxy groups -OCH3 is 1. The Labute approximate surface area is 175 Å². The van der Waals surface area contributed by atoms with E-state index >= 15 is 0 Å². The van der Waals surface area contributed by atoms with Crippen molar-refractivity contribution >= 4 is 17.7 Å². The molecule has 0 radical (unpaired) electrons. The second-order valence-corrected chi connectivity index (χ2v) is 8.10. The Kier molecular flexibility index (Phi) is 9.25. The number of amides is 2. The van der Waals surface area contributed by atoms with Crippen LogP contribution < -0.4 is 21.3 Å². The van der Waals surface area contributed by atoms with Gasteiger partial charge in [0.1, 0.15) is 0 Å². The van der Waals surface area contributed by atoms with Crippen LogP contribution in [0.3, 0.4) is 0 Å². The first-order chi connectivity index (χ1) is 14.0. The molecule has 1 saturated carbocycles. The molecule has 1 fully saturated rings. The summed E-state index contributed by atoms with van der Waals surface area (Å²) in [7, 11) is 1.77. The summed E-state index contributed by atoms with van der Waals surface area (Å²) in [6, 6.07) is 7.70. The lowest BCUT2D eigenvalue weighted by Gasteiger charge is -2.42. The highest BCUT2D eigenvalue weighted by molar-refractivity contribution is 5.89.